The molecule has 0 spiro atoms. The Labute approximate surface area is 129 Å². The fourth-order valence-electron chi connectivity index (χ4n) is 2.99. The highest BCUT2D eigenvalue weighted by Gasteiger charge is 2.25. The molecule has 3 heteroatoms. The predicted octanol–water partition coefficient (Wildman–Crippen LogP) is 3.45. The van der Waals surface area contributed by atoms with Gasteiger partial charge in [0, 0.05) is 19.1 Å². The van der Waals surface area contributed by atoms with E-state index in [1.54, 1.807) is 0 Å². The van der Waals surface area contributed by atoms with Crippen molar-refractivity contribution in [2.75, 3.05) is 26.2 Å². The van der Waals surface area contributed by atoms with Crippen LogP contribution in [-0.2, 0) is 0 Å². The van der Waals surface area contributed by atoms with Crippen LogP contribution in [0.2, 0.25) is 0 Å². The molecule has 118 valence electrons. The van der Waals surface area contributed by atoms with Gasteiger partial charge in [0.15, 0.2) is 0 Å². The largest absolute Gasteiger partial charge is 0.494 e. The second-order valence-electron chi connectivity index (χ2n) is 6.58. The molecule has 2 rings (SSSR count). The molecule has 1 heterocycles. The van der Waals surface area contributed by atoms with E-state index in [0.717, 1.165) is 37.2 Å². The molecule has 21 heavy (non-hydrogen) atoms. The first-order chi connectivity index (χ1) is 10.1. The first-order valence-electron chi connectivity index (χ1n) is 8.30. The molecule has 3 nitrogen and oxygen atoms in total. The van der Waals surface area contributed by atoms with Crippen molar-refractivity contribution in [1.29, 1.82) is 0 Å². The number of rotatable bonds is 7. The summed E-state index contributed by atoms with van der Waals surface area (Å²) in [6, 6.07) is 8.37. The first-order valence-corrected chi connectivity index (χ1v) is 8.30. The van der Waals surface area contributed by atoms with Gasteiger partial charge in [-0.25, -0.2) is 0 Å². The Hall–Kier alpha value is -1.06. The van der Waals surface area contributed by atoms with E-state index in [-0.39, 0.29) is 6.04 Å². The zero-order valence-corrected chi connectivity index (χ0v) is 13.7. The number of benzene rings is 1. The highest BCUT2D eigenvalue weighted by Crippen LogP contribution is 2.25. The predicted molar refractivity (Wildman–Crippen MR) is 88.5 cm³/mol. The van der Waals surface area contributed by atoms with Crippen LogP contribution in [0.4, 0.5) is 0 Å². The fraction of sp³-hybridized carbons (Fsp3) is 0.667. The molecule has 1 fully saturated rings. The lowest BCUT2D eigenvalue weighted by Gasteiger charge is -2.22. The molecule has 0 amide bonds. The summed E-state index contributed by atoms with van der Waals surface area (Å²) in [5, 5.41) is 0. The SMILES string of the molecule is CCCOc1ccc(C(N)CN2CCC(C(C)C)C2)cc1. The Morgan fingerprint density at radius 2 is 2.00 bits per heavy atom. The van der Waals surface area contributed by atoms with Crippen LogP contribution in [0, 0.1) is 11.8 Å². The van der Waals surface area contributed by atoms with E-state index in [9.17, 15) is 0 Å². The third kappa shape index (κ3) is 4.72. The monoisotopic (exact) mass is 290 g/mol. The van der Waals surface area contributed by atoms with Gasteiger partial charge in [-0.3, -0.25) is 0 Å². The smallest absolute Gasteiger partial charge is 0.119 e. The lowest BCUT2D eigenvalue weighted by atomic mass is 9.95. The maximum atomic E-state index is 6.36. The molecule has 0 bridgehead atoms. The summed E-state index contributed by atoms with van der Waals surface area (Å²) >= 11 is 0. The minimum atomic E-state index is 0.0936. The Bertz CT molecular complexity index is 416. The Balaban J connectivity index is 1.84. The molecule has 2 N–H and O–H groups in total. The third-order valence-electron chi connectivity index (χ3n) is 4.49. The fourth-order valence-corrected chi connectivity index (χ4v) is 2.99. The maximum absolute atomic E-state index is 6.36. The van der Waals surface area contributed by atoms with Crippen molar-refractivity contribution in [3.05, 3.63) is 29.8 Å². The van der Waals surface area contributed by atoms with Crippen LogP contribution in [0.3, 0.4) is 0 Å². The van der Waals surface area contributed by atoms with E-state index in [1.807, 2.05) is 12.1 Å². The number of nitrogens with two attached hydrogens (primary N) is 1. The average molecular weight is 290 g/mol. The topological polar surface area (TPSA) is 38.5 Å². The summed E-state index contributed by atoms with van der Waals surface area (Å²) in [6.07, 6.45) is 2.35. The van der Waals surface area contributed by atoms with E-state index in [1.165, 1.54) is 25.1 Å². The lowest BCUT2D eigenvalue weighted by Crippen LogP contribution is -2.31. The van der Waals surface area contributed by atoms with Gasteiger partial charge in [-0.1, -0.05) is 32.9 Å². The number of ether oxygens (including phenoxy) is 1. The van der Waals surface area contributed by atoms with Gasteiger partial charge in [0.1, 0.15) is 5.75 Å². The van der Waals surface area contributed by atoms with E-state index in [0.29, 0.717) is 0 Å². The van der Waals surface area contributed by atoms with Crippen molar-refractivity contribution < 1.29 is 4.74 Å². The number of hydrogen-bond acceptors (Lipinski definition) is 3. The zero-order valence-electron chi connectivity index (χ0n) is 13.7. The van der Waals surface area contributed by atoms with Gasteiger partial charge >= 0.3 is 0 Å². The van der Waals surface area contributed by atoms with Crippen molar-refractivity contribution in [3.63, 3.8) is 0 Å². The third-order valence-corrected chi connectivity index (χ3v) is 4.49. The number of likely N-dealkylation sites (tertiary alicyclic amines) is 1. The summed E-state index contributed by atoms with van der Waals surface area (Å²) in [4.78, 5) is 2.51. The summed E-state index contributed by atoms with van der Waals surface area (Å²) < 4.78 is 5.61. The molecular formula is C18H30N2O. The van der Waals surface area contributed by atoms with Crippen LogP contribution >= 0.6 is 0 Å². The molecule has 2 unspecified atom stereocenters. The zero-order chi connectivity index (χ0) is 15.2. The summed E-state index contributed by atoms with van der Waals surface area (Å²) in [6.45, 7) is 10.9. The minimum absolute atomic E-state index is 0.0936. The first kappa shape index (κ1) is 16.3. The van der Waals surface area contributed by atoms with E-state index in [2.05, 4.69) is 37.8 Å². The number of nitrogens with zero attached hydrogens (tertiary/aromatic N) is 1. The van der Waals surface area contributed by atoms with Gasteiger partial charge in [-0.15, -0.1) is 0 Å². The molecule has 1 aliphatic rings. The van der Waals surface area contributed by atoms with Gasteiger partial charge in [0.05, 0.1) is 6.61 Å². The van der Waals surface area contributed by atoms with Crippen LogP contribution in [0.15, 0.2) is 24.3 Å². The van der Waals surface area contributed by atoms with Crippen LogP contribution in [0.5, 0.6) is 5.75 Å². The van der Waals surface area contributed by atoms with Gasteiger partial charge in [0.2, 0.25) is 0 Å². The Morgan fingerprint density at radius 1 is 1.29 bits per heavy atom. The lowest BCUT2D eigenvalue weighted by molar-refractivity contribution is 0.287. The van der Waals surface area contributed by atoms with Crippen LogP contribution < -0.4 is 10.5 Å². The highest BCUT2D eigenvalue weighted by atomic mass is 16.5. The van der Waals surface area contributed by atoms with E-state index >= 15 is 0 Å². The molecule has 2 atom stereocenters. The second-order valence-corrected chi connectivity index (χ2v) is 6.58. The summed E-state index contributed by atoms with van der Waals surface area (Å²) in [5.41, 5.74) is 7.56. The van der Waals surface area contributed by atoms with Crippen molar-refractivity contribution in [3.8, 4) is 5.75 Å². The Morgan fingerprint density at radius 3 is 2.57 bits per heavy atom. The van der Waals surface area contributed by atoms with Gasteiger partial charge in [0.25, 0.3) is 0 Å². The summed E-state index contributed by atoms with van der Waals surface area (Å²) in [7, 11) is 0. The van der Waals surface area contributed by atoms with Gasteiger partial charge in [-0.05, 0) is 48.9 Å². The van der Waals surface area contributed by atoms with Gasteiger partial charge < -0.3 is 15.4 Å². The maximum Gasteiger partial charge on any atom is 0.119 e. The van der Waals surface area contributed by atoms with Crippen LogP contribution in [0.25, 0.3) is 0 Å². The summed E-state index contributed by atoms with van der Waals surface area (Å²) in [5.74, 6) is 2.55. The molecule has 0 aliphatic carbocycles. The van der Waals surface area contributed by atoms with E-state index < -0.39 is 0 Å². The molecule has 1 aliphatic heterocycles. The van der Waals surface area contributed by atoms with Crippen molar-refractivity contribution in [2.45, 2.75) is 39.7 Å². The van der Waals surface area contributed by atoms with Crippen molar-refractivity contribution in [2.24, 2.45) is 17.6 Å². The molecule has 0 aromatic heterocycles. The highest BCUT2D eigenvalue weighted by molar-refractivity contribution is 5.29. The quantitative estimate of drug-likeness (QED) is 0.836. The second kappa shape index (κ2) is 7.81. The molecular weight excluding hydrogens is 260 g/mol. The standard InChI is InChI=1S/C18H30N2O/c1-4-11-21-17-7-5-15(6-8-17)18(19)13-20-10-9-16(12-20)14(2)3/h5-8,14,16,18H,4,9-13,19H2,1-3H3. The minimum Gasteiger partial charge on any atom is -0.494 e. The molecule has 0 radical (unpaired) electrons. The van der Waals surface area contributed by atoms with Crippen LogP contribution in [0.1, 0.15) is 45.2 Å². The van der Waals surface area contributed by atoms with Crippen LogP contribution in [-0.4, -0.2) is 31.1 Å². The molecule has 0 saturated carbocycles. The number of hydrogen-bond donors (Lipinski definition) is 1. The van der Waals surface area contributed by atoms with E-state index in [4.69, 9.17) is 10.5 Å². The average Bonchev–Trinajstić information content (AvgIpc) is 2.94. The molecule has 1 aromatic carbocycles. The normalized spacial score (nSPS) is 20.9. The Kier molecular flexibility index (Phi) is 6.07. The molecule has 1 saturated heterocycles. The van der Waals surface area contributed by atoms with Crippen molar-refractivity contribution >= 4 is 0 Å². The van der Waals surface area contributed by atoms with Crippen molar-refractivity contribution in [1.82, 2.24) is 4.90 Å². The molecule has 1 aromatic rings. The van der Waals surface area contributed by atoms with Gasteiger partial charge in [-0.2, -0.15) is 0 Å².